The standard InChI is InChI=1S/C15H33Si3/c1-4-7-10-13-16-18(15-12-9-6-3)17-14-11-8-5-2/h4-15H2,1-3H3. The van der Waals surface area contributed by atoms with Crippen molar-refractivity contribution < 1.29 is 0 Å². The summed E-state index contributed by atoms with van der Waals surface area (Å²) in [5.41, 5.74) is 0. The molecule has 3 heteroatoms. The smallest absolute Gasteiger partial charge is 0.0222 e. The van der Waals surface area contributed by atoms with Gasteiger partial charge in [0.15, 0.2) is 0 Å². The molecule has 18 heavy (non-hydrogen) atoms. The predicted octanol–water partition coefficient (Wildman–Crippen LogP) is 5.29. The van der Waals surface area contributed by atoms with Gasteiger partial charge in [0.05, 0.1) is 0 Å². The van der Waals surface area contributed by atoms with Gasteiger partial charge in [-0.25, -0.2) is 0 Å². The first kappa shape index (κ1) is 18.7. The second kappa shape index (κ2) is 15.7. The van der Waals surface area contributed by atoms with Gasteiger partial charge in [0.2, 0.25) is 0 Å². The minimum atomic E-state index is 0.0775. The van der Waals surface area contributed by atoms with Crippen LogP contribution in [0.1, 0.15) is 78.6 Å². The number of rotatable bonds is 14. The van der Waals surface area contributed by atoms with Crippen molar-refractivity contribution in [3.63, 3.8) is 0 Å². The number of hydrogen-bond donors (Lipinski definition) is 0. The van der Waals surface area contributed by atoms with Gasteiger partial charge in [-0.1, -0.05) is 96.7 Å². The Kier molecular flexibility index (Phi) is 16.3. The van der Waals surface area contributed by atoms with Gasteiger partial charge >= 0.3 is 0 Å². The Bertz CT molecular complexity index is 139. The molecule has 0 rings (SSSR count). The Morgan fingerprint density at radius 1 is 0.611 bits per heavy atom. The molecule has 0 saturated carbocycles. The summed E-state index contributed by atoms with van der Waals surface area (Å²) in [4.78, 5) is 0. The third kappa shape index (κ3) is 13.1. The fourth-order valence-corrected chi connectivity index (χ4v) is 13.3. The zero-order valence-electron chi connectivity index (χ0n) is 13.0. The van der Waals surface area contributed by atoms with Crippen LogP contribution in [0.25, 0.3) is 0 Å². The first-order valence-electron chi connectivity index (χ1n) is 8.18. The van der Waals surface area contributed by atoms with Gasteiger partial charge in [-0.2, -0.15) is 0 Å². The van der Waals surface area contributed by atoms with Crippen molar-refractivity contribution >= 4 is 25.9 Å². The van der Waals surface area contributed by atoms with Gasteiger partial charge in [-0.05, 0) is 0 Å². The van der Waals surface area contributed by atoms with Crippen molar-refractivity contribution in [1.82, 2.24) is 0 Å². The van der Waals surface area contributed by atoms with E-state index in [0.29, 0.717) is 0 Å². The maximum Gasteiger partial charge on any atom is 0.0222 e. The fourth-order valence-electron chi connectivity index (χ4n) is 2.02. The Morgan fingerprint density at radius 2 is 1.06 bits per heavy atom. The average Bonchev–Trinajstić information content (AvgIpc) is 2.39. The molecule has 0 amide bonds. The zero-order chi connectivity index (χ0) is 13.5. The Morgan fingerprint density at radius 3 is 1.50 bits per heavy atom. The van der Waals surface area contributed by atoms with E-state index in [2.05, 4.69) is 20.8 Å². The molecule has 0 aromatic heterocycles. The lowest BCUT2D eigenvalue weighted by atomic mass is 10.3. The van der Waals surface area contributed by atoms with Crippen LogP contribution in [0.15, 0.2) is 0 Å². The summed E-state index contributed by atoms with van der Waals surface area (Å²) >= 11 is 0. The molecule has 0 heterocycles. The Balaban J connectivity index is 3.62. The minimum absolute atomic E-state index is 0.0775. The lowest BCUT2D eigenvalue weighted by Gasteiger charge is -2.13. The highest BCUT2D eigenvalue weighted by Crippen LogP contribution is 2.09. The van der Waals surface area contributed by atoms with E-state index in [1.54, 1.807) is 18.1 Å². The van der Waals surface area contributed by atoms with E-state index in [-0.39, 0.29) is 7.83 Å². The molecule has 0 atom stereocenters. The summed E-state index contributed by atoms with van der Waals surface area (Å²) in [6.07, 6.45) is 13.1. The summed E-state index contributed by atoms with van der Waals surface area (Å²) in [7, 11) is 2.82. The molecule has 0 aliphatic rings. The molecule has 0 aromatic carbocycles. The number of hydrogen-bond acceptors (Lipinski definition) is 0. The third-order valence-electron chi connectivity index (χ3n) is 3.27. The van der Waals surface area contributed by atoms with Gasteiger partial charge in [0, 0.05) is 25.9 Å². The van der Waals surface area contributed by atoms with Gasteiger partial charge in [-0.3, -0.25) is 0 Å². The molecule has 0 N–H and O–H groups in total. The second-order valence-electron chi connectivity index (χ2n) is 5.20. The van der Waals surface area contributed by atoms with E-state index in [9.17, 15) is 0 Å². The molecule has 0 aromatic rings. The Hall–Kier alpha value is 0.651. The SMILES string of the molecule is CCCCC[Si][Si](CCCCC)[Si]CCCCC. The van der Waals surface area contributed by atoms with Crippen LogP contribution in [0.4, 0.5) is 0 Å². The van der Waals surface area contributed by atoms with Crippen LogP contribution < -0.4 is 0 Å². The Labute approximate surface area is 123 Å². The van der Waals surface area contributed by atoms with Gasteiger partial charge in [0.25, 0.3) is 0 Å². The van der Waals surface area contributed by atoms with Crippen LogP contribution >= 0.6 is 0 Å². The van der Waals surface area contributed by atoms with Crippen molar-refractivity contribution in [2.45, 2.75) is 96.7 Å². The van der Waals surface area contributed by atoms with Crippen molar-refractivity contribution in [2.24, 2.45) is 0 Å². The molecule has 5 radical (unpaired) electrons. The molecule has 0 bridgehead atoms. The highest BCUT2D eigenvalue weighted by Gasteiger charge is 2.11. The molecule has 0 aliphatic carbocycles. The van der Waals surface area contributed by atoms with Crippen molar-refractivity contribution in [3.8, 4) is 0 Å². The molecule has 0 unspecified atom stereocenters. The average molecular weight is 298 g/mol. The zero-order valence-corrected chi connectivity index (χ0v) is 16.0. The van der Waals surface area contributed by atoms with Crippen LogP contribution in [0.3, 0.4) is 0 Å². The largest absolute Gasteiger partial charge is 0.0654 e. The van der Waals surface area contributed by atoms with Crippen molar-refractivity contribution in [3.05, 3.63) is 0 Å². The molecule has 0 fully saturated rings. The van der Waals surface area contributed by atoms with Gasteiger partial charge in [-0.15, -0.1) is 0 Å². The first-order chi connectivity index (χ1) is 8.85. The topological polar surface area (TPSA) is 0 Å². The van der Waals surface area contributed by atoms with E-state index >= 15 is 0 Å². The molecule has 105 valence electrons. The monoisotopic (exact) mass is 297 g/mol. The summed E-state index contributed by atoms with van der Waals surface area (Å²) in [6.45, 7) is 6.98. The van der Waals surface area contributed by atoms with Crippen LogP contribution in [-0.2, 0) is 0 Å². The lowest BCUT2D eigenvalue weighted by Crippen LogP contribution is -2.30. The lowest BCUT2D eigenvalue weighted by molar-refractivity contribution is 0.764. The molecular formula is C15H33Si3. The highest BCUT2D eigenvalue weighted by molar-refractivity contribution is 7.39. The summed E-state index contributed by atoms with van der Waals surface area (Å²) in [5.74, 6) is 0. The van der Waals surface area contributed by atoms with Crippen molar-refractivity contribution in [2.75, 3.05) is 0 Å². The predicted molar refractivity (Wildman–Crippen MR) is 90.3 cm³/mol. The van der Waals surface area contributed by atoms with Crippen LogP contribution in [0.5, 0.6) is 0 Å². The third-order valence-corrected chi connectivity index (χ3v) is 14.9. The molecule has 0 nitrogen and oxygen atoms in total. The van der Waals surface area contributed by atoms with Crippen LogP contribution in [-0.4, -0.2) is 25.9 Å². The molecule has 0 aliphatic heterocycles. The van der Waals surface area contributed by atoms with E-state index in [1.165, 1.54) is 75.9 Å². The maximum atomic E-state index is 2.33. The number of unbranched alkanes of at least 4 members (excludes halogenated alkanes) is 6. The van der Waals surface area contributed by atoms with Gasteiger partial charge in [0.1, 0.15) is 0 Å². The maximum absolute atomic E-state index is 2.33. The molecule has 0 spiro atoms. The van der Waals surface area contributed by atoms with Crippen LogP contribution in [0.2, 0.25) is 18.1 Å². The van der Waals surface area contributed by atoms with Crippen LogP contribution in [0, 0.1) is 0 Å². The second-order valence-corrected chi connectivity index (χ2v) is 15.6. The summed E-state index contributed by atoms with van der Waals surface area (Å²) in [5, 5.41) is 0. The first-order valence-corrected chi connectivity index (χ1v) is 14.3. The van der Waals surface area contributed by atoms with Crippen molar-refractivity contribution in [1.29, 1.82) is 0 Å². The van der Waals surface area contributed by atoms with E-state index in [4.69, 9.17) is 0 Å². The quantitative estimate of drug-likeness (QED) is 0.302. The molecule has 0 saturated heterocycles. The summed E-state index contributed by atoms with van der Waals surface area (Å²) in [6, 6.07) is 4.76. The van der Waals surface area contributed by atoms with E-state index in [1.807, 2.05) is 0 Å². The molecular weight excluding hydrogens is 264 g/mol. The van der Waals surface area contributed by atoms with E-state index in [0.717, 1.165) is 0 Å². The minimum Gasteiger partial charge on any atom is -0.0654 e. The normalized spacial score (nSPS) is 11.3. The van der Waals surface area contributed by atoms with Gasteiger partial charge < -0.3 is 0 Å². The summed E-state index contributed by atoms with van der Waals surface area (Å²) < 4.78 is 0. The highest BCUT2D eigenvalue weighted by atomic mass is 29.6. The van der Waals surface area contributed by atoms with E-state index < -0.39 is 0 Å². The fraction of sp³-hybridized carbons (Fsp3) is 1.00.